The maximum Gasteiger partial charge on any atom is 0.179 e. The number of rotatable bonds is 2. The molecule has 0 aliphatic carbocycles. The van der Waals surface area contributed by atoms with E-state index >= 15 is 0 Å². The average molecular weight is 233 g/mol. The van der Waals surface area contributed by atoms with E-state index < -0.39 is 9.84 Å². The molecule has 15 heavy (non-hydrogen) atoms. The van der Waals surface area contributed by atoms with Crippen LogP contribution in [-0.4, -0.2) is 67.3 Å². The van der Waals surface area contributed by atoms with Crippen LogP contribution >= 0.6 is 0 Å². The Morgan fingerprint density at radius 3 is 1.87 bits per heavy atom. The first kappa shape index (κ1) is 11.3. The van der Waals surface area contributed by atoms with Crippen LogP contribution < -0.4 is 0 Å². The van der Waals surface area contributed by atoms with Crippen LogP contribution in [0.4, 0.5) is 0 Å². The van der Waals surface area contributed by atoms with Crippen molar-refractivity contribution < 1.29 is 8.42 Å². The molecule has 0 spiro atoms. The Kier molecular flexibility index (Phi) is 3.03. The molecule has 0 atom stereocenters. The molecule has 0 amide bonds. The molecule has 0 bridgehead atoms. The van der Waals surface area contributed by atoms with Gasteiger partial charge < -0.3 is 0 Å². The lowest BCUT2D eigenvalue weighted by atomic mass is 10.2. The Balaban J connectivity index is 1.80. The van der Waals surface area contributed by atoms with E-state index in [4.69, 9.17) is 0 Å². The standard InChI is InChI=1S/C9H19N3O2S/c1-9(2)10-3-5-11(6-4-10)12-7-15(13,14)8-12/h9H,3-8H2,1-2H3. The molecule has 5 nitrogen and oxygen atoms in total. The summed E-state index contributed by atoms with van der Waals surface area (Å²) in [4.78, 5) is 2.42. The first-order valence-electron chi connectivity index (χ1n) is 5.42. The molecule has 0 radical (unpaired) electrons. The molecule has 88 valence electrons. The van der Waals surface area contributed by atoms with E-state index in [1.807, 2.05) is 5.01 Å². The number of sulfone groups is 1. The predicted molar refractivity (Wildman–Crippen MR) is 58.8 cm³/mol. The van der Waals surface area contributed by atoms with Crippen molar-refractivity contribution >= 4 is 9.84 Å². The quantitative estimate of drug-likeness (QED) is 0.648. The van der Waals surface area contributed by atoms with Gasteiger partial charge in [-0.2, -0.15) is 0 Å². The maximum absolute atomic E-state index is 11.0. The summed E-state index contributed by atoms with van der Waals surface area (Å²) >= 11 is 0. The SMILES string of the molecule is CC(C)N1CCN(N2CS(=O)(=O)C2)CC1. The van der Waals surface area contributed by atoms with E-state index in [0.717, 1.165) is 26.2 Å². The average Bonchev–Trinajstić information content (AvgIpc) is 2.14. The zero-order chi connectivity index (χ0) is 11.1. The first-order valence-corrected chi connectivity index (χ1v) is 7.24. The highest BCUT2D eigenvalue weighted by atomic mass is 32.2. The Labute approximate surface area is 91.5 Å². The Bertz CT molecular complexity index is 308. The molecule has 2 aliphatic heterocycles. The number of hydrazine groups is 1. The van der Waals surface area contributed by atoms with Crippen LogP contribution in [0.25, 0.3) is 0 Å². The molecule has 6 heteroatoms. The van der Waals surface area contributed by atoms with E-state index in [9.17, 15) is 8.42 Å². The van der Waals surface area contributed by atoms with Gasteiger partial charge in [0.15, 0.2) is 9.84 Å². The van der Waals surface area contributed by atoms with Crippen LogP contribution in [0.15, 0.2) is 0 Å². The van der Waals surface area contributed by atoms with Gasteiger partial charge in [-0.15, -0.1) is 0 Å². The van der Waals surface area contributed by atoms with Gasteiger partial charge in [0.2, 0.25) is 0 Å². The van der Waals surface area contributed by atoms with Crippen molar-refractivity contribution in [1.29, 1.82) is 0 Å². The number of hydrogen-bond acceptors (Lipinski definition) is 5. The molecule has 2 fully saturated rings. The minimum Gasteiger partial charge on any atom is -0.298 e. The van der Waals surface area contributed by atoms with Crippen molar-refractivity contribution in [2.75, 3.05) is 37.9 Å². The first-order chi connectivity index (χ1) is 6.98. The normalized spacial score (nSPS) is 29.3. The number of hydrogen-bond donors (Lipinski definition) is 0. The molecular weight excluding hydrogens is 214 g/mol. The summed E-state index contributed by atoms with van der Waals surface area (Å²) in [6.45, 7) is 8.37. The summed E-state index contributed by atoms with van der Waals surface area (Å²) in [5.74, 6) is 0.434. The third-order valence-electron chi connectivity index (χ3n) is 3.11. The molecule has 0 aromatic carbocycles. The molecule has 2 rings (SSSR count). The van der Waals surface area contributed by atoms with Crippen LogP contribution in [0.3, 0.4) is 0 Å². The molecular formula is C9H19N3O2S. The second-order valence-electron chi connectivity index (χ2n) is 4.59. The van der Waals surface area contributed by atoms with Gasteiger partial charge in [-0.05, 0) is 13.8 Å². The van der Waals surface area contributed by atoms with Gasteiger partial charge in [0.1, 0.15) is 11.8 Å². The zero-order valence-electron chi connectivity index (χ0n) is 9.39. The molecule has 2 heterocycles. The molecule has 0 unspecified atom stereocenters. The molecule has 0 N–H and O–H groups in total. The fourth-order valence-electron chi connectivity index (χ4n) is 2.09. The Morgan fingerprint density at radius 2 is 1.47 bits per heavy atom. The lowest BCUT2D eigenvalue weighted by Gasteiger charge is -2.45. The van der Waals surface area contributed by atoms with Gasteiger partial charge in [-0.25, -0.2) is 18.4 Å². The van der Waals surface area contributed by atoms with Gasteiger partial charge in [0.05, 0.1) is 0 Å². The second kappa shape index (κ2) is 4.01. The second-order valence-corrected chi connectivity index (χ2v) is 6.60. The van der Waals surface area contributed by atoms with Crippen LogP contribution in [0.2, 0.25) is 0 Å². The molecule has 2 saturated heterocycles. The Hall–Kier alpha value is -0.170. The monoisotopic (exact) mass is 233 g/mol. The van der Waals surface area contributed by atoms with Gasteiger partial charge in [-0.3, -0.25) is 4.90 Å². The summed E-state index contributed by atoms with van der Waals surface area (Å²) in [5.41, 5.74) is 0. The highest BCUT2D eigenvalue weighted by molar-refractivity contribution is 7.92. The largest absolute Gasteiger partial charge is 0.298 e. The highest BCUT2D eigenvalue weighted by Gasteiger charge is 2.36. The van der Waals surface area contributed by atoms with Gasteiger partial charge >= 0.3 is 0 Å². The van der Waals surface area contributed by atoms with Crippen molar-refractivity contribution in [3.05, 3.63) is 0 Å². The molecule has 0 aromatic heterocycles. The third kappa shape index (κ3) is 2.50. The van der Waals surface area contributed by atoms with Crippen LogP contribution in [0.5, 0.6) is 0 Å². The molecule has 2 aliphatic rings. The minimum atomic E-state index is -2.74. The van der Waals surface area contributed by atoms with Crippen LogP contribution in [-0.2, 0) is 9.84 Å². The van der Waals surface area contributed by atoms with Gasteiger partial charge in [0, 0.05) is 32.2 Å². The van der Waals surface area contributed by atoms with Crippen LogP contribution in [0, 0.1) is 0 Å². The van der Waals surface area contributed by atoms with E-state index in [0.29, 0.717) is 6.04 Å². The highest BCUT2D eigenvalue weighted by Crippen LogP contribution is 2.17. The summed E-state index contributed by atoms with van der Waals surface area (Å²) in [5, 5.41) is 4.10. The lowest BCUT2D eigenvalue weighted by Crippen LogP contribution is -2.61. The number of nitrogens with zero attached hydrogens (tertiary/aromatic N) is 3. The maximum atomic E-state index is 11.0. The van der Waals surface area contributed by atoms with Gasteiger partial charge in [0.25, 0.3) is 0 Å². The van der Waals surface area contributed by atoms with Crippen molar-refractivity contribution in [2.45, 2.75) is 19.9 Å². The third-order valence-corrected chi connectivity index (χ3v) is 4.50. The van der Waals surface area contributed by atoms with Crippen molar-refractivity contribution in [2.24, 2.45) is 0 Å². The summed E-state index contributed by atoms with van der Waals surface area (Å²) in [6, 6.07) is 0.590. The van der Waals surface area contributed by atoms with E-state index in [1.54, 1.807) is 0 Å². The van der Waals surface area contributed by atoms with Crippen molar-refractivity contribution in [1.82, 2.24) is 14.9 Å². The van der Waals surface area contributed by atoms with E-state index in [-0.39, 0.29) is 11.8 Å². The predicted octanol–water partition coefficient (Wildman–Crippen LogP) is -0.427. The van der Waals surface area contributed by atoms with Crippen molar-refractivity contribution in [3.63, 3.8) is 0 Å². The molecule has 0 saturated carbocycles. The lowest BCUT2D eigenvalue weighted by molar-refractivity contribution is -0.0491. The number of piperazine rings is 1. The molecule has 0 aromatic rings. The Morgan fingerprint density at radius 1 is 0.933 bits per heavy atom. The topological polar surface area (TPSA) is 43.9 Å². The zero-order valence-corrected chi connectivity index (χ0v) is 10.2. The fraction of sp³-hybridized carbons (Fsp3) is 1.00. The van der Waals surface area contributed by atoms with Crippen LogP contribution in [0.1, 0.15) is 13.8 Å². The summed E-state index contributed by atoms with van der Waals surface area (Å²) in [7, 11) is -2.74. The van der Waals surface area contributed by atoms with E-state index in [1.165, 1.54) is 0 Å². The summed E-state index contributed by atoms with van der Waals surface area (Å²) in [6.07, 6.45) is 0. The van der Waals surface area contributed by atoms with E-state index in [2.05, 4.69) is 23.8 Å². The van der Waals surface area contributed by atoms with Crippen molar-refractivity contribution in [3.8, 4) is 0 Å². The summed E-state index contributed by atoms with van der Waals surface area (Å²) < 4.78 is 22.1. The minimum absolute atomic E-state index is 0.217. The van der Waals surface area contributed by atoms with Gasteiger partial charge in [-0.1, -0.05) is 0 Å². The fourth-order valence-corrected chi connectivity index (χ4v) is 3.25. The smallest absolute Gasteiger partial charge is 0.179 e.